The van der Waals surface area contributed by atoms with Gasteiger partial charge in [-0.2, -0.15) is 0 Å². The molecule has 3 rings (SSSR count). The van der Waals surface area contributed by atoms with Gasteiger partial charge in [-0.15, -0.1) is 0 Å². The van der Waals surface area contributed by atoms with E-state index in [2.05, 4.69) is 4.90 Å². The molecule has 62 valence electrons. The molecule has 3 aliphatic rings. The number of rotatable bonds is 1. The maximum Gasteiger partial charge on any atom is 0.0297 e. The van der Waals surface area contributed by atoms with Gasteiger partial charge < -0.3 is 5.73 Å². The first-order valence-corrected chi connectivity index (χ1v) is 4.84. The van der Waals surface area contributed by atoms with Gasteiger partial charge in [-0.1, -0.05) is 0 Å². The number of nitrogens with two attached hydrogens (primary N) is 1. The van der Waals surface area contributed by atoms with Crippen LogP contribution in [0.2, 0.25) is 0 Å². The summed E-state index contributed by atoms with van der Waals surface area (Å²) in [6.07, 6.45) is 4.49. The molecule has 2 saturated carbocycles. The van der Waals surface area contributed by atoms with E-state index in [4.69, 9.17) is 5.73 Å². The zero-order valence-electron chi connectivity index (χ0n) is 6.87. The van der Waals surface area contributed by atoms with Crippen molar-refractivity contribution in [2.75, 3.05) is 13.1 Å². The molecule has 1 aliphatic heterocycles. The molecule has 3 atom stereocenters. The molecular formula is C9H16N2. The first-order chi connectivity index (χ1) is 5.34. The summed E-state index contributed by atoms with van der Waals surface area (Å²) in [7, 11) is 0. The van der Waals surface area contributed by atoms with Crippen molar-refractivity contribution < 1.29 is 0 Å². The maximum absolute atomic E-state index is 5.75. The molecule has 0 amide bonds. The topological polar surface area (TPSA) is 29.3 Å². The third-order valence-corrected chi connectivity index (χ3v) is 3.71. The van der Waals surface area contributed by atoms with Gasteiger partial charge in [0.1, 0.15) is 0 Å². The third kappa shape index (κ3) is 0.859. The minimum atomic E-state index is 0.493. The van der Waals surface area contributed by atoms with Crippen LogP contribution in [-0.4, -0.2) is 30.1 Å². The predicted octanol–water partition coefficient (Wildman–Crippen LogP) is 0.428. The number of fused-ring (bicyclic) bond motifs is 1. The highest BCUT2D eigenvalue weighted by molar-refractivity contribution is 5.04. The Hall–Kier alpha value is -0.0800. The van der Waals surface area contributed by atoms with Gasteiger partial charge in [0.15, 0.2) is 0 Å². The van der Waals surface area contributed by atoms with Crippen molar-refractivity contribution in [3.05, 3.63) is 0 Å². The van der Waals surface area contributed by atoms with Crippen LogP contribution in [0.3, 0.4) is 0 Å². The highest BCUT2D eigenvalue weighted by atomic mass is 15.3. The van der Waals surface area contributed by atoms with E-state index in [1.165, 1.54) is 32.4 Å². The average Bonchev–Trinajstić information content (AvgIpc) is 2.59. The Labute approximate surface area is 67.7 Å². The molecular weight excluding hydrogens is 136 g/mol. The second-order valence-corrected chi connectivity index (χ2v) is 4.52. The van der Waals surface area contributed by atoms with Gasteiger partial charge in [0, 0.05) is 25.2 Å². The van der Waals surface area contributed by atoms with E-state index in [0.717, 1.165) is 17.9 Å². The fourth-order valence-corrected chi connectivity index (χ4v) is 2.95. The first kappa shape index (κ1) is 6.44. The molecule has 11 heavy (non-hydrogen) atoms. The van der Waals surface area contributed by atoms with Crippen molar-refractivity contribution in [3.63, 3.8) is 0 Å². The van der Waals surface area contributed by atoms with Crippen LogP contribution >= 0.6 is 0 Å². The molecule has 2 aliphatic carbocycles. The van der Waals surface area contributed by atoms with Gasteiger partial charge in [0.2, 0.25) is 0 Å². The molecule has 0 bridgehead atoms. The number of hydrogen-bond acceptors (Lipinski definition) is 2. The van der Waals surface area contributed by atoms with Crippen molar-refractivity contribution in [1.82, 2.24) is 4.90 Å². The standard InChI is InChI=1S/C9H16N2/c10-7-4-11(5-7)9-2-1-6-3-8(6)9/h6-9H,1-5,10H2. The summed E-state index contributed by atoms with van der Waals surface area (Å²) < 4.78 is 0. The van der Waals surface area contributed by atoms with Gasteiger partial charge in [0.25, 0.3) is 0 Å². The van der Waals surface area contributed by atoms with Crippen molar-refractivity contribution in [2.45, 2.75) is 31.3 Å². The van der Waals surface area contributed by atoms with E-state index < -0.39 is 0 Å². The minimum Gasteiger partial charge on any atom is -0.325 e. The zero-order valence-corrected chi connectivity index (χ0v) is 6.87. The van der Waals surface area contributed by atoms with E-state index in [1.54, 1.807) is 0 Å². The Balaban J connectivity index is 1.63. The predicted molar refractivity (Wildman–Crippen MR) is 44.2 cm³/mol. The second-order valence-electron chi connectivity index (χ2n) is 4.52. The number of nitrogens with zero attached hydrogens (tertiary/aromatic N) is 1. The fourth-order valence-electron chi connectivity index (χ4n) is 2.95. The molecule has 0 spiro atoms. The molecule has 0 aromatic carbocycles. The third-order valence-electron chi connectivity index (χ3n) is 3.71. The molecule has 2 nitrogen and oxygen atoms in total. The van der Waals surface area contributed by atoms with E-state index in [-0.39, 0.29) is 0 Å². The van der Waals surface area contributed by atoms with Crippen molar-refractivity contribution in [3.8, 4) is 0 Å². The monoisotopic (exact) mass is 152 g/mol. The summed E-state index contributed by atoms with van der Waals surface area (Å²) >= 11 is 0. The lowest BCUT2D eigenvalue weighted by atomic mass is 10.0. The first-order valence-electron chi connectivity index (χ1n) is 4.84. The molecule has 2 heteroatoms. The smallest absolute Gasteiger partial charge is 0.0297 e. The lowest BCUT2D eigenvalue weighted by Crippen LogP contribution is -2.59. The molecule has 0 aromatic heterocycles. The Kier molecular flexibility index (Phi) is 1.16. The summed E-state index contributed by atoms with van der Waals surface area (Å²) in [5.74, 6) is 2.21. The Bertz CT molecular complexity index is 174. The van der Waals surface area contributed by atoms with Crippen molar-refractivity contribution in [1.29, 1.82) is 0 Å². The summed E-state index contributed by atoms with van der Waals surface area (Å²) in [6, 6.07) is 1.44. The largest absolute Gasteiger partial charge is 0.325 e. The summed E-state index contributed by atoms with van der Waals surface area (Å²) in [6.45, 7) is 2.35. The van der Waals surface area contributed by atoms with Crippen LogP contribution in [0.25, 0.3) is 0 Å². The van der Waals surface area contributed by atoms with Crippen molar-refractivity contribution in [2.24, 2.45) is 17.6 Å². The zero-order chi connectivity index (χ0) is 7.42. The second kappa shape index (κ2) is 1.99. The number of likely N-dealkylation sites (tertiary alicyclic amines) is 1. The fraction of sp³-hybridized carbons (Fsp3) is 1.00. The molecule has 2 N–H and O–H groups in total. The highest BCUT2D eigenvalue weighted by Gasteiger charge is 2.51. The van der Waals surface area contributed by atoms with E-state index in [0.29, 0.717) is 6.04 Å². The lowest BCUT2D eigenvalue weighted by Gasteiger charge is -2.42. The van der Waals surface area contributed by atoms with Crippen LogP contribution in [0.5, 0.6) is 0 Å². The van der Waals surface area contributed by atoms with Crippen LogP contribution in [-0.2, 0) is 0 Å². The molecule has 1 heterocycles. The van der Waals surface area contributed by atoms with Crippen LogP contribution in [0.15, 0.2) is 0 Å². The van der Waals surface area contributed by atoms with Gasteiger partial charge in [-0.05, 0) is 31.1 Å². The Morgan fingerprint density at radius 3 is 2.45 bits per heavy atom. The van der Waals surface area contributed by atoms with Crippen LogP contribution in [0, 0.1) is 11.8 Å². The minimum absolute atomic E-state index is 0.493. The van der Waals surface area contributed by atoms with Crippen molar-refractivity contribution >= 4 is 0 Å². The summed E-state index contributed by atoms with van der Waals surface area (Å²) in [4.78, 5) is 2.60. The lowest BCUT2D eigenvalue weighted by molar-refractivity contribution is 0.0851. The summed E-state index contributed by atoms with van der Waals surface area (Å²) in [5.41, 5.74) is 5.75. The van der Waals surface area contributed by atoms with E-state index in [1.807, 2.05) is 0 Å². The van der Waals surface area contributed by atoms with E-state index >= 15 is 0 Å². The molecule has 3 fully saturated rings. The molecule has 0 radical (unpaired) electrons. The molecule has 3 unspecified atom stereocenters. The van der Waals surface area contributed by atoms with Gasteiger partial charge in [-0.3, -0.25) is 4.90 Å². The Morgan fingerprint density at radius 1 is 1.18 bits per heavy atom. The molecule has 0 aromatic rings. The van der Waals surface area contributed by atoms with Crippen LogP contribution in [0.1, 0.15) is 19.3 Å². The SMILES string of the molecule is NC1CN(C2CCC3CC32)C1. The maximum atomic E-state index is 5.75. The van der Waals surface area contributed by atoms with Crippen LogP contribution in [0.4, 0.5) is 0 Å². The van der Waals surface area contributed by atoms with Gasteiger partial charge in [-0.25, -0.2) is 0 Å². The quantitative estimate of drug-likeness (QED) is 0.590. The normalized spacial score (nSPS) is 50.5. The van der Waals surface area contributed by atoms with Gasteiger partial charge in [0.05, 0.1) is 0 Å². The van der Waals surface area contributed by atoms with Crippen LogP contribution < -0.4 is 5.73 Å². The summed E-state index contributed by atoms with van der Waals surface area (Å²) in [5, 5.41) is 0. The van der Waals surface area contributed by atoms with Gasteiger partial charge >= 0.3 is 0 Å². The molecule has 1 saturated heterocycles. The number of hydrogen-bond donors (Lipinski definition) is 1. The average molecular weight is 152 g/mol. The Morgan fingerprint density at radius 2 is 2.00 bits per heavy atom. The van der Waals surface area contributed by atoms with E-state index in [9.17, 15) is 0 Å². The highest BCUT2D eigenvalue weighted by Crippen LogP contribution is 2.54.